The summed E-state index contributed by atoms with van der Waals surface area (Å²) < 4.78 is 27.3. The highest BCUT2D eigenvalue weighted by Crippen LogP contribution is 2.27. The Labute approximate surface area is 128 Å². The van der Waals surface area contributed by atoms with Gasteiger partial charge in [-0.15, -0.1) is 11.3 Å². The van der Waals surface area contributed by atoms with Crippen LogP contribution in [0.15, 0.2) is 49.5 Å². The van der Waals surface area contributed by atoms with Gasteiger partial charge in [0.2, 0.25) is 0 Å². The maximum atomic E-state index is 12.1. The molecule has 6 nitrogen and oxygen atoms in total. The number of thiophene rings is 1. The molecule has 0 fully saturated rings. The maximum Gasteiger partial charge on any atom is 0.271 e. The summed E-state index contributed by atoms with van der Waals surface area (Å²) in [6.45, 7) is 0. The zero-order chi connectivity index (χ0) is 14.8. The van der Waals surface area contributed by atoms with Crippen LogP contribution in [0, 0.1) is 0 Å². The topological polar surface area (TPSA) is 105 Å². The van der Waals surface area contributed by atoms with Crippen LogP contribution in [-0.2, 0) is 10.0 Å². The largest absolute Gasteiger partial charge is 0.409 e. The average molecular weight is 376 g/mol. The number of amidine groups is 1. The highest BCUT2D eigenvalue weighted by atomic mass is 79.9. The van der Waals surface area contributed by atoms with Crippen LogP contribution >= 0.6 is 27.3 Å². The first kappa shape index (κ1) is 14.8. The van der Waals surface area contributed by atoms with Crippen molar-refractivity contribution in [3.05, 3.63) is 45.7 Å². The van der Waals surface area contributed by atoms with Gasteiger partial charge >= 0.3 is 0 Å². The molecule has 1 heterocycles. The maximum absolute atomic E-state index is 12.1. The third kappa shape index (κ3) is 3.11. The number of sulfonamides is 1. The summed E-state index contributed by atoms with van der Waals surface area (Å²) in [5, 5.41) is 13.2. The van der Waals surface area contributed by atoms with E-state index in [4.69, 9.17) is 10.9 Å². The van der Waals surface area contributed by atoms with Crippen LogP contribution < -0.4 is 10.5 Å². The van der Waals surface area contributed by atoms with Gasteiger partial charge in [0.15, 0.2) is 5.84 Å². The van der Waals surface area contributed by atoms with Gasteiger partial charge in [-0.3, -0.25) is 4.72 Å². The third-order valence-corrected chi connectivity index (χ3v) is 5.80. The number of nitrogens with zero attached hydrogens (tertiary/aromatic N) is 1. The molecule has 0 atom stereocenters. The molecular formula is C11H10BrN3O3S2. The Bertz CT molecular complexity index is 742. The molecule has 1 aromatic carbocycles. The van der Waals surface area contributed by atoms with Crippen molar-refractivity contribution < 1.29 is 13.6 Å². The summed E-state index contributed by atoms with van der Waals surface area (Å²) in [6, 6.07) is 7.82. The molecule has 0 saturated heterocycles. The highest BCUT2D eigenvalue weighted by Gasteiger charge is 2.16. The summed E-state index contributed by atoms with van der Waals surface area (Å²) >= 11 is 4.37. The molecule has 2 aromatic rings. The van der Waals surface area contributed by atoms with Crippen molar-refractivity contribution in [2.45, 2.75) is 4.21 Å². The number of oxime groups is 1. The van der Waals surface area contributed by atoms with E-state index < -0.39 is 10.0 Å². The molecule has 20 heavy (non-hydrogen) atoms. The molecular weight excluding hydrogens is 366 g/mol. The molecule has 4 N–H and O–H groups in total. The van der Waals surface area contributed by atoms with E-state index in [1.54, 1.807) is 23.6 Å². The fourth-order valence-corrected chi connectivity index (χ4v) is 4.11. The van der Waals surface area contributed by atoms with Gasteiger partial charge in [0.1, 0.15) is 4.21 Å². The van der Waals surface area contributed by atoms with Gasteiger partial charge in [-0.1, -0.05) is 11.2 Å². The number of anilines is 1. The van der Waals surface area contributed by atoms with Crippen molar-refractivity contribution >= 4 is 48.8 Å². The minimum absolute atomic E-state index is 0.0571. The number of hydrogen-bond donors (Lipinski definition) is 3. The van der Waals surface area contributed by atoms with Crippen LogP contribution in [0.4, 0.5) is 5.69 Å². The Hall–Kier alpha value is -1.58. The molecule has 0 saturated carbocycles. The number of rotatable bonds is 4. The number of halogens is 1. The molecule has 1 aromatic heterocycles. The predicted octanol–water partition coefficient (Wildman–Crippen LogP) is 2.41. The Morgan fingerprint density at radius 2 is 2.15 bits per heavy atom. The second-order valence-corrected chi connectivity index (χ2v) is 7.43. The zero-order valence-corrected chi connectivity index (χ0v) is 13.2. The summed E-state index contributed by atoms with van der Waals surface area (Å²) in [7, 11) is -3.60. The van der Waals surface area contributed by atoms with Gasteiger partial charge < -0.3 is 10.9 Å². The number of nitrogens with two attached hydrogens (primary N) is 1. The average Bonchev–Trinajstić information content (AvgIpc) is 2.95. The molecule has 0 aliphatic heterocycles. The Morgan fingerprint density at radius 1 is 1.40 bits per heavy atom. The second kappa shape index (κ2) is 5.81. The molecule has 0 aliphatic rings. The van der Waals surface area contributed by atoms with E-state index in [1.165, 1.54) is 12.1 Å². The lowest BCUT2D eigenvalue weighted by Gasteiger charge is -2.09. The van der Waals surface area contributed by atoms with E-state index in [0.717, 1.165) is 11.3 Å². The van der Waals surface area contributed by atoms with Crippen molar-refractivity contribution in [3.63, 3.8) is 0 Å². The Kier molecular flexibility index (Phi) is 4.31. The van der Waals surface area contributed by atoms with E-state index in [2.05, 4.69) is 25.8 Å². The Morgan fingerprint density at radius 3 is 2.70 bits per heavy atom. The van der Waals surface area contributed by atoms with Crippen molar-refractivity contribution in [1.29, 1.82) is 0 Å². The number of nitrogens with one attached hydrogen (secondary N) is 1. The SMILES string of the molecule is N/C(=N/O)c1ccc(NS(=O)(=O)c2cccs2)c(Br)c1. The lowest BCUT2D eigenvalue weighted by molar-refractivity contribution is 0.318. The first-order chi connectivity index (χ1) is 9.44. The quantitative estimate of drug-likeness (QED) is 0.330. The summed E-state index contributed by atoms with van der Waals surface area (Å²) in [6.07, 6.45) is 0. The van der Waals surface area contributed by atoms with Gasteiger partial charge in [0.25, 0.3) is 10.0 Å². The molecule has 9 heteroatoms. The molecule has 0 aliphatic carbocycles. The Balaban J connectivity index is 2.32. The fraction of sp³-hybridized carbons (Fsp3) is 0. The van der Waals surface area contributed by atoms with Gasteiger partial charge in [-0.05, 0) is 45.6 Å². The first-order valence-electron chi connectivity index (χ1n) is 5.28. The van der Waals surface area contributed by atoms with E-state index in [1.807, 2.05) is 0 Å². The minimum Gasteiger partial charge on any atom is -0.409 e. The van der Waals surface area contributed by atoms with Crippen LogP contribution in [0.1, 0.15) is 5.56 Å². The van der Waals surface area contributed by atoms with E-state index >= 15 is 0 Å². The van der Waals surface area contributed by atoms with Gasteiger partial charge in [-0.2, -0.15) is 0 Å². The van der Waals surface area contributed by atoms with Gasteiger partial charge in [0.05, 0.1) is 5.69 Å². The van der Waals surface area contributed by atoms with Crippen LogP contribution in [-0.4, -0.2) is 19.5 Å². The molecule has 106 valence electrons. The van der Waals surface area contributed by atoms with Gasteiger partial charge in [0, 0.05) is 10.0 Å². The highest BCUT2D eigenvalue weighted by molar-refractivity contribution is 9.10. The van der Waals surface area contributed by atoms with Crippen LogP contribution in [0.25, 0.3) is 0 Å². The lowest BCUT2D eigenvalue weighted by atomic mass is 10.2. The number of benzene rings is 1. The van der Waals surface area contributed by atoms with Crippen LogP contribution in [0.2, 0.25) is 0 Å². The summed E-state index contributed by atoms with van der Waals surface area (Å²) in [5.74, 6) is -0.0571. The summed E-state index contributed by atoms with van der Waals surface area (Å²) in [5.41, 5.74) is 6.30. The minimum atomic E-state index is -3.60. The molecule has 2 rings (SSSR count). The lowest BCUT2D eigenvalue weighted by Crippen LogP contribution is -2.14. The van der Waals surface area contributed by atoms with Crippen molar-refractivity contribution in [3.8, 4) is 0 Å². The van der Waals surface area contributed by atoms with Crippen molar-refractivity contribution in [2.24, 2.45) is 10.9 Å². The van der Waals surface area contributed by atoms with E-state index in [-0.39, 0.29) is 10.0 Å². The number of hydrogen-bond acceptors (Lipinski definition) is 5. The van der Waals surface area contributed by atoms with Gasteiger partial charge in [-0.25, -0.2) is 8.42 Å². The molecule has 0 amide bonds. The third-order valence-electron chi connectivity index (χ3n) is 2.38. The monoisotopic (exact) mass is 375 g/mol. The van der Waals surface area contributed by atoms with Crippen molar-refractivity contribution in [2.75, 3.05) is 4.72 Å². The molecule has 0 spiro atoms. The first-order valence-corrected chi connectivity index (χ1v) is 8.43. The molecule has 0 bridgehead atoms. The molecule has 0 radical (unpaired) electrons. The molecule has 0 unspecified atom stereocenters. The predicted molar refractivity (Wildman–Crippen MR) is 81.8 cm³/mol. The van der Waals surface area contributed by atoms with Crippen molar-refractivity contribution in [1.82, 2.24) is 0 Å². The zero-order valence-electron chi connectivity index (χ0n) is 9.95. The second-order valence-electron chi connectivity index (χ2n) is 3.72. The van der Waals surface area contributed by atoms with Crippen LogP contribution in [0.3, 0.4) is 0 Å². The van der Waals surface area contributed by atoms with Crippen LogP contribution in [0.5, 0.6) is 0 Å². The smallest absolute Gasteiger partial charge is 0.271 e. The fourth-order valence-electron chi connectivity index (χ4n) is 1.43. The normalized spacial score (nSPS) is 12.3. The standard InChI is InChI=1S/C11H10BrN3O3S2/c12-8-6-7(11(13)14-16)3-4-9(8)15-20(17,18)10-2-1-5-19-10/h1-6,15-16H,(H2,13,14). The van der Waals surface area contributed by atoms with E-state index in [9.17, 15) is 8.42 Å². The van der Waals surface area contributed by atoms with E-state index in [0.29, 0.717) is 15.7 Å². The summed E-state index contributed by atoms with van der Waals surface area (Å²) in [4.78, 5) is 0.